The van der Waals surface area contributed by atoms with Crippen LogP contribution in [-0.2, 0) is 0 Å². The molecule has 1 fully saturated rings. The summed E-state index contributed by atoms with van der Waals surface area (Å²) in [6.45, 7) is 3.24. The fraction of sp³-hybridized carbons (Fsp3) is 0.412. The Hall–Kier alpha value is -1.98. The Bertz CT molecular complexity index is 611. The summed E-state index contributed by atoms with van der Waals surface area (Å²) in [6.07, 6.45) is 4.68. The van der Waals surface area contributed by atoms with E-state index >= 15 is 0 Å². The number of anilines is 1. The van der Waals surface area contributed by atoms with E-state index in [0.717, 1.165) is 36.1 Å². The minimum Gasteiger partial charge on any atom is -0.391 e. The number of aromatic nitrogens is 2. The summed E-state index contributed by atoms with van der Waals surface area (Å²) in [6, 6.07) is 7.75. The van der Waals surface area contributed by atoms with E-state index in [1.165, 1.54) is 0 Å². The van der Waals surface area contributed by atoms with Crippen molar-refractivity contribution in [3.05, 3.63) is 42.2 Å². The van der Waals surface area contributed by atoms with Gasteiger partial charge >= 0.3 is 0 Å². The standard InChI is InChI=1S/C17H21N3O2/c1-12(21)13-4-6-14(7-5-13)15-9-18-17(19-10-15)20-8-2-3-16(22)11-20/h4-7,9-10,12,16,21-22H,2-3,8,11H2,1H3. The fourth-order valence-electron chi connectivity index (χ4n) is 2.72. The smallest absolute Gasteiger partial charge is 0.225 e. The zero-order valence-corrected chi connectivity index (χ0v) is 12.7. The molecule has 22 heavy (non-hydrogen) atoms. The molecule has 2 unspecified atom stereocenters. The van der Waals surface area contributed by atoms with Gasteiger partial charge in [0.1, 0.15) is 0 Å². The molecule has 116 valence electrons. The van der Waals surface area contributed by atoms with Gasteiger partial charge in [0.15, 0.2) is 0 Å². The van der Waals surface area contributed by atoms with Gasteiger partial charge in [-0.1, -0.05) is 24.3 Å². The molecule has 2 atom stereocenters. The second-order valence-electron chi connectivity index (χ2n) is 5.81. The van der Waals surface area contributed by atoms with Crippen LogP contribution in [0.25, 0.3) is 11.1 Å². The maximum atomic E-state index is 9.73. The number of nitrogens with zero attached hydrogens (tertiary/aromatic N) is 3. The van der Waals surface area contributed by atoms with Crippen molar-refractivity contribution in [2.75, 3.05) is 18.0 Å². The maximum Gasteiger partial charge on any atom is 0.225 e. The number of benzene rings is 1. The van der Waals surface area contributed by atoms with Crippen molar-refractivity contribution in [1.82, 2.24) is 9.97 Å². The van der Waals surface area contributed by atoms with E-state index in [1.807, 2.05) is 29.2 Å². The van der Waals surface area contributed by atoms with E-state index in [2.05, 4.69) is 9.97 Å². The molecule has 1 aromatic heterocycles. The number of aliphatic hydroxyl groups excluding tert-OH is 2. The van der Waals surface area contributed by atoms with E-state index in [4.69, 9.17) is 0 Å². The van der Waals surface area contributed by atoms with Gasteiger partial charge in [-0.2, -0.15) is 0 Å². The highest BCUT2D eigenvalue weighted by atomic mass is 16.3. The first-order valence-electron chi connectivity index (χ1n) is 7.67. The van der Waals surface area contributed by atoms with Crippen LogP contribution in [0.1, 0.15) is 31.4 Å². The predicted molar refractivity (Wildman–Crippen MR) is 85.6 cm³/mol. The Morgan fingerprint density at radius 1 is 1.14 bits per heavy atom. The first kappa shape index (κ1) is 14.9. The SMILES string of the molecule is CC(O)c1ccc(-c2cnc(N3CCCC(O)C3)nc2)cc1. The van der Waals surface area contributed by atoms with Gasteiger partial charge in [0.05, 0.1) is 12.2 Å². The van der Waals surface area contributed by atoms with Crippen molar-refractivity contribution in [3.63, 3.8) is 0 Å². The molecule has 0 spiro atoms. The van der Waals surface area contributed by atoms with Crippen LogP contribution in [0.2, 0.25) is 0 Å². The van der Waals surface area contributed by atoms with E-state index < -0.39 is 6.10 Å². The number of aliphatic hydroxyl groups is 2. The average molecular weight is 299 g/mol. The van der Waals surface area contributed by atoms with Crippen LogP contribution >= 0.6 is 0 Å². The number of hydrogen-bond acceptors (Lipinski definition) is 5. The van der Waals surface area contributed by atoms with Crippen molar-refractivity contribution >= 4 is 5.95 Å². The monoisotopic (exact) mass is 299 g/mol. The number of piperidine rings is 1. The van der Waals surface area contributed by atoms with Gasteiger partial charge in [-0.25, -0.2) is 9.97 Å². The zero-order valence-electron chi connectivity index (χ0n) is 12.7. The van der Waals surface area contributed by atoms with Crippen molar-refractivity contribution in [3.8, 4) is 11.1 Å². The first-order chi connectivity index (χ1) is 10.6. The summed E-state index contributed by atoms with van der Waals surface area (Å²) in [4.78, 5) is 10.9. The molecule has 2 aromatic rings. The van der Waals surface area contributed by atoms with Crippen LogP contribution in [0.15, 0.2) is 36.7 Å². The van der Waals surface area contributed by atoms with Crippen LogP contribution in [0.4, 0.5) is 5.95 Å². The van der Waals surface area contributed by atoms with Gasteiger partial charge in [-0.05, 0) is 30.9 Å². The fourth-order valence-corrected chi connectivity index (χ4v) is 2.72. The van der Waals surface area contributed by atoms with Gasteiger partial charge in [0.2, 0.25) is 5.95 Å². The molecule has 1 aromatic carbocycles. The van der Waals surface area contributed by atoms with Crippen LogP contribution in [0.5, 0.6) is 0 Å². The van der Waals surface area contributed by atoms with Crippen LogP contribution in [0, 0.1) is 0 Å². The lowest BCUT2D eigenvalue weighted by molar-refractivity contribution is 0.153. The molecule has 0 radical (unpaired) electrons. The molecule has 1 aliphatic heterocycles. The molecule has 0 bridgehead atoms. The topological polar surface area (TPSA) is 69.5 Å². The Balaban J connectivity index is 1.76. The Morgan fingerprint density at radius 3 is 2.41 bits per heavy atom. The highest BCUT2D eigenvalue weighted by molar-refractivity contribution is 5.62. The lowest BCUT2D eigenvalue weighted by Gasteiger charge is -2.29. The Labute approximate surface area is 130 Å². The highest BCUT2D eigenvalue weighted by Gasteiger charge is 2.19. The highest BCUT2D eigenvalue weighted by Crippen LogP contribution is 2.22. The summed E-state index contributed by atoms with van der Waals surface area (Å²) in [5, 5.41) is 19.3. The van der Waals surface area contributed by atoms with Crippen molar-refractivity contribution < 1.29 is 10.2 Å². The Morgan fingerprint density at radius 2 is 1.82 bits per heavy atom. The van der Waals surface area contributed by atoms with Gasteiger partial charge in [-0.15, -0.1) is 0 Å². The number of hydrogen-bond donors (Lipinski definition) is 2. The summed E-state index contributed by atoms with van der Waals surface area (Å²) in [7, 11) is 0. The molecular formula is C17H21N3O2. The Kier molecular flexibility index (Phi) is 4.36. The van der Waals surface area contributed by atoms with Gasteiger partial charge in [-0.3, -0.25) is 0 Å². The quantitative estimate of drug-likeness (QED) is 0.909. The lowest BCUT2D eigenvalue weighted by atomic mass is 10.0. The third kappa shape index (κ3) is 3.26. The molecule has 3 rings (SSSR count). The summed E-state index contributed by atoms with van der Waals surface area (Å²) in [5.41, 5.74) is 2.86. The molecule has 2 heterocycles. The first-order valence-corrected chi connectivity index (χ1v) is 7.67. The molecule has 1 saturated heterocycles. The molecule has 0 amide bonds. The third-order valence-corrected chi connectivity index (χ3v) is 4.04. The molecule has 2 N–H and O–H groups in total. The second kappa shape index (κ2) is 6.42. The number of rotatable bonds is 3. The summed E-state index contributed by atoms with van der Waals surface area (Å²) >= 11 is 0. The molecule has 5 heteroatoms. The third-order valence-electron chi connectivity index (χ3n) is 4.04. The predicted octanol–water partition coefficient (Wildman–Crippen LogP) is 2.16. The average Bonchev–Trinajstić information content (AvgIpc) is 2.55. The van der Waals surface area contributed by atoms with E-state index in [9.17, 15) is 10.2 Å². The van der Waals surface area contributed by atoms with E-state index in [-0.39, 0.29) is 6.10 Å². The van der Waals surface area contributed by atoms with Crippen LogP contribution in [-0.4, -0.2) is 39.4 Å². The molecule has 5 nitrogen and oxygen atoms in total. The van der Waals surface area contributed by atoms with Gasteiger partial charge in [0.25, 0.3) is 0 Å². The van der Waals surface area contributed by atoms with Crippen molar-refractivity contribution in [1.29, 1.82) is 0 Å². The minimum absolute atomic E-state index is 0.287. The van der Waals surface area contributed by atoms with E-state index in [1.54, 1.807) is 19.3 Å². The molecule has 1 aliphatic rings. The van der Waals surface area contributed by atoms with Gasteiger partial charge < -0.3 is 15.1 Å². The molecule has 0 saturated carbocycles. The van der Waals surface area contributed by atoms with Crippen LogP contribution < -0.4 is 4.90 Å². The summed E-state index contributed by atoms with van der Waals surface area (Å²) < 4.78 is 0. The normalized spacial score (nSPS) is 20.0. The van der Waals surface area contributed by atoms with Gasteiger partial charge in [0, 0.05) is 31.0 Å². The second-order valence-corrected chi connectivity index (χ2v) is 5.81. The van der Waals surface area contributed by atoms with E-state index in [0.29, 0.717) is 12.5 Å². The lowest BCUT2D eigenvalue weighted by Crippen LogP contribution is -2.39. The summed E-state index contributed by atoms with van der Waals surface area (Å²) in [5.74, 6) is 0.670. The number of β-amino-alcohol motifs (C(OH)–C–C–N with tert-alkyl or cyclic N) is 1. The zero-order chi connectivity index (χ0) is 15.5. The van der Waals surface area contributed by atoms with Crippen LogP contribution in [0.3, 0.4) is 0 Å². The molecule has 0 aliphatic carbocycles. The van der Waals surface area contributed by atoms with Crippen molar-refractivity contribution in [2.45, 2.75) is 32.0 Å². The maximum absolute atomic E-state index is 9.73. The molecular weight excluding hydrogens is 278 g/mol. The minimum atomic E-state index is -0.460. The largest absolute Gasteiger partial charge is 0.391 e. The van der Waals surface area contributed by atoms with Crippen molar-refractivity contribution in [2.24, 2.45) is 0 Å².